The Labute approximate surface area is 131 Å². The number of nitrogens with zero attached hydrogens (tertiary/aromatic N) is 3. The molecule has 0 aliphatic rings. The number of aromatic nitrogens is 3. The first-order chi connectivity index (χ1) is 8.08. The van der Waals surface area contributed by atoms with Gasteiger partial charge in [0.2, 0.25) is 10.0 Å². The molecule has 0 aliphatic heterocycles. The van der Waals surface area contributed by atoms with Gasteiger partial charge >= 0.3 is 0 Å². The molecule has 0 saturated heterocycles. The predicted octanol–water partition coefficient (Wildman–Crippen LogP) is 0.528. The van der Waals surface area contributed by atoms with Gasteiger partial charge < -0.3 is 9.97 Å². The van der Waals surface area contributed by atoms with Crippen LogP contribution in [0.4, 0.5) is 5.82 Å². The zero-order valence-electron chi connectivity index (χ0n) is 9.61. The molecule has 93 valence electrons. The summed E-state index contributed by atoms with van der Waals surface area (Å²) >= 11 is 0. The fourth-order valence-corrected chi connectivity index (χ4v) is 1.24. The number of nitrogens with one attached hydrogen (secondary N) is 1. The number of hydrogen-bond acceptors (Lipinski definition) is 5. The van der Waals surface area contributed by atoms with Crippen LogP contribution in [0.15, 0.2) is 36.8 Å². The Kier molecular flexibility index (Phi) is 8.61. The molecule has 1 N–H and O–H groups in total. The maximum Gasteiger partial charge on any atom is 0.229 e. The second-order valence-corrected chi connectivity index (χ2v) is 4.60. The Morgan fingerprint density at radius 2 is 1.83 bits per heavy atom. The van der Waals surface area contributed by atoms with Crippen molar-refractivity contribution in [3.8, 4) is 0 Å². The quantitative estimate of drug-likeness (QED) is 0.807. The summed E-state index contributed by atoms with van der Waals surface area (Å²) in [7, 11) is -3.22. The number of pyridine rings is 1. The smallest absolute Gasteiger partial charge is 0.229 e. The summed E-state index contributed by atoms with van der Waals surface area (Å²) in [4.78, 5) is 10.8. The Morgan fingerprint density at radius 3 is 2.17 bits per heavy atom. The Bertz CT molecular complexity index is 495. The van der Waals surface area contributed by atoms with Gasteiger partial charge in [0.1, 0.15) is 0 Å². The second-order valence-electron chi connectivity index (χ2n) is 2.85. The van der Waals surface area contributed by atoms with Crippen molar-refractivity contribution in [3.63, 3.8) is 0 Å². The third kappa shape index (κ3) is 9.15. The minimum atomic E-state index is -3.22. The van der Waals surface area contributed by atoms with E-state index in [4.69, 9.17) is 0 Å². The van der Waals surface area contributed by atoms with E-state index in [0.717, 1.165) is 6.26 Å². The van der Waals surface area contributed by atoms with Gasteiger partial charge in [0.15, 0.2) is 0 Å². The topological polar surface area (TPSA) is 84.8 Å². The van der Waals surface area contributed by atoms with Crippen LogP contribution in [0.25, 0.3) is 0 Å². The van der Waals surface area contributed by atoms with Crippen LogP contribution in [-0.2, 0) is 42.7 Å². The van der Waals surface area contributed by atoms with Crippen LogP contribution in [-0.4, -0.2) is 29.6 Å². The molecule has 0 aromatic carbocycles. The molecule has 0 fully saturated rings. The molecule has 6 nitrogen and oxygen atoms in total. The maximum absolute atomic E-state index is 10.6. The summed E-state index contributed by atoms with van der Waals surface area (Å²) < 4.78 is 23.4. The monoisotopic (exact) mass is 339 g/mol. The molecule has 1 radical (unpaired) electrons. The average molecular weight is 339 g/mol. The van der Waals surface area contributed by atoms with Gasteiger partial charge in [-0.1, -0.05) is 18.6 Å². The van der Waals surface area contributed by atoms with Crippen LogP contribution < -0.4 is 4.72 Å². The summed E-state index contributed by atoms with van der Waals surface area (Å²) in [6.45, 7) is 0. The number of sulfonamides is 1. The molecule has 2 rings (SSSR count). The fraction of sp³-hybridized carbons (Fsp3) is 0.100. The summed E-state index contributed by atoms with van der Waals surface area (Å²) in [5, 5.41) is 0. The van der Waals surface area contributed by atoms with Gasteiger partial charge in [-0.25, -0.2) is 20.6 Å². The van der Waals surface area contributed by atoms with Crippen LogP contribution in [0, 0.1) is 12.4 Å². The predicted molar refractivity (Wildman–Crippen MR) is 62.4 cm³/mol. The Morgan fingerprint density at radius 1 is 1.17 bits per heavy atom. The van der Waals surface area contributed by atoms with Gasteiger partial charge in [0, 0.05) is 44.9 Å². The van der Waals surface area contributed by atoms with Gasteiger partial charge in [-0.05, 0) is 0 Å². The largest absolute Gasteiger partial charge is 0.374 e. The van der Waals surface area contributed by atoms with Crippen molar-refractivity contribution in [2.24, 2.45) is 0 Å². The van der Waals surface area contributed by atoms with Crippen LogP contribution >= 0.6 is 0 Å². The van der Waals surface area contributed by atoms with Crippen molar-refractivity contribution in [2.75, 3.05) is 11.0 Å². The standard InChI is InChI=1S/C6H7N2O2S.C4H3N2.Y/c1-11(9,10)8-6-4-2-3-5-7-6;1-2-5-4-6-3-1;/h2-3,5H,1H3,(H,7,8);1-3H;/q2*-1;. The molecular formula is C10H10N4O2SY-2. The molecule has 0 amide bonds. The van der Waals surface area contributed by atoms with E-state index in [0.29, 0.717) is 0 Å². The van der Waals surface area contributed by atoms with Crippen molar-refractivity contribution in [1.29, 1.82) is 0 Å². The van der Waals surface area contributed by atoms with Crippen LogP contribution in [0.5, 0.6) is 0 Å². The Hall–Kier alpha value is -0.916. The summed E-state index contributed by atoms with van der Waals surface area (Å²) in [6.07, 6.45) is 8.21. The molecule has 2 aromatic heterocycles. The van der Waals surface area contributed by atoms with Crippen LogP contribution in [0.2, 0.25) is 0 Å². The third-order valence-electron chi connectivity index (χ3n) is 1.32. The van der Waals surface area contributed by atoms with Crippen LogP contribution in [0.3, 0.4) is 0 Å². The van der Waals surface area contributed by atoms with Gasteiger partial charge in [-0.2, -0.15) is 6.07 Å². The molecule has 0 saturated carbocycles. The van der Waals surface area contributed by atoms with Gasteiger partial charge in [-0.15, -0.1) is 6.07 Å². The van der Waals surface area contributed by atoms with Crippen molar-refractivity contribution in [1.82, 2.24) is 15.0 Å². The van der Waals surface area contributed by atoms with Crippen molar-refractivity contribution < 1.29 is 41.1 Å². The van der Waals surface area contributed by atoms with E-state index in [1.54, 1.807) is 30.6 Å². The van der Waals surface area contributed by atoms with E-state index in [1.165, 1.54) is 6.20 Å². The molecule has 2 heterocycles. The summed E-state index contributed by atoms with van der Waals surface area (Å²) in [5.41, 5.74) is 0. The Balaban J connectivity index is 0.000000352. The minimum absolute atomic E-state index is 0. The van der Waals surface area contributed by atoms with Gasteiger partial charge in [-0.3, -0.25) is 9.71 Å². The third-order valence-corrected chi connectivity index (χ3v) is 1.89. The molecular weight excluding hydrogens is 329 g/mol. The number of hydrogen-bond donors (Lipinski definition) is 1. The van der Waals surface area contributed by atoms with Crippen molar-refractivity contribution >= 4 is 15.8 Å². The maximum atomic E-state index is 10.6. The molecule has 2 aromatic rings. The van der Waals surface area contributed by atoms with E-state index >= 15 is 0 Å². The molecule has 18 heavy (non-hydrogen) atoms. The SMILES string of the molecule is CS(=O)(=O)Nc1[c-]cccn1.[Y].[c-]1ncccn1. The first-order valence-electron chi connectivity index (χ1n) is 4.51. The molecule has 0 bridgehead atoms. The van der Waals surface area contributed by atoms with Gasteiger partial charge in [0.25, 0.3) is 0 Å². The van der Waals surface area contributed by atoms with E-state index in [9.17, 15) is 8.42 Å². The van der Waals surface area contributed by atoms with E-state index in [1.807, 2.05) is 0 Å². The first kappa shape index (κ1) is 17.1. The molecule has 0 unspecified atom stereocenters. The fourth-order valence-electron chi connectivity index (χ4n) is 0.781. The van der Waals surface area contributed by atoms with E-state index in [-0.39, 0.29) is 38.5 Å². The molecule has 8 heteroatoms. The molecule has 0 aliphatic carbocycles. The number of anilines is 1. The van der Waals surface area contributed by atoms with Crippen molar-refractivity contribution in [3.05, 3.63) is 49.2 Å². The second kappa shape index (κ2) is 9.07. The van der Waals surface area contributed by atoms with Crippen LogP contribution in [0.1, 0.15) is 0 Å². The molecule has 0 atom stereocenters. The average Bonchev–Trinajstić information content (AvgIpc) is 2.31. The zero-order valence-corrected chi connectivity index (χ0v) is 13.3. The summed E-state index contributed by atoms with van der Waals surface area (Å²) in [6, 6.07) is 7.61. The number of rotatable bonds is 2. The molecule has 0 spiro atoms. The van der Waals surface area contributed by atoms with Crippen molar-refractivity contribution in [2.45, 2.75) is 0 Å². The first-order valence-corrected chi connectivity index (χ1v) is 6.40. The zero-order chi connectivity index (χ0) is 12.6. The van der Waals surface area contributed by atoms with Gasteiger partial charge in [0.05, 0.1) is 6.26 Å². The summed E-state index contributed by atoms with van der Waals surface area (Å²) in [5.74, 6) is 0.218. The normalized spacial score (nSPS) is 9.39. The van der Waals surface area contributed by atoms with E-state index < -0.39 is 10.0 Å². The minimum Gasteiger partial charge on any atom is -0.374 e. The van der Waals surface area contributed by atoms with E-state index in [2.05, 4.69) is 32.1 Å².